The van der Waals surface area contributed by atoms with Gasteiger partial charge in [0.15, 0.2) is 0 Å². The van der Waals surface area contributed by atoms with Gasteiger partial charge in [0.2, 0.25) is 5.91 Å². The first kappa shape index (κ1) is 20.2. The van der Waals surface area contributed by atoms with Crippen LogP contribution in [-0.4, -0.2) is 35.8 Å². The Bertz CT molecular complexity index is 1070. The highest BCUT2D eigenvalue weighted by molar-refractivity contribution is 7.99. The molecule has 3 aromatic rings. The van der Waals surface area contributed by atoms with Crippen molar-refractivity contribution in [3.63, 3.8) is 0 Å². The molecule has 2 heterocycles. The minimum absolute atomic E-state index is 0.131. The van der Waals surface area contributed by atoms with Crippen molar-refractivity contribution in [3.8, 4) is 11.5 Å². The number of methoxy groups -OCH3 is 2. The number of anilines is 1. The zero-order chi connectivity index (χ0) is 20.3. The molecule has 0 aliphatic carbocycles. The van der Waals surface area contributed by atoms with Crippen LogP contribution in [0.25, 0.3) is 10.2 Å². The number of aryl methyl sites for hydroxylation is 2. The molecular weight excluding hydrogens is 398 g/mol. The third-order valence-electron chi connectivity index (χ3n) is 4.24. The van der Waals surface area contributed by atoms with E-state index >= 15 is 0 Å². The van der Waals surface area contributed by atoms with E-state index in [1.54, 1.807) is 32.4 Å². The largest absolute Gasteiger partial charge is 0.497 e. The second-order valence-corrected chi connectivity index (χ2v) is 8.27. The number of thioether (sulfide) groups is 1. The second-order valence-electron chi connectivity index (χ2n) is 6.08. The van der Waals surface area contributed by atoms with Gasteiger partial charge in [-0.1, -0.05) is 0 Å². The number of aromatic nitrogens is 2. The lowest BCUT2D eigenvalue weighted by Gasteiger charge is -2.11. The summed E-state index contributed by atoms with van der Waals surface area (Å²) in [6, 6.07) is 5.20. The number of hydrogen-bond acceptors (Lipinski definition) is 7. The summed E-state index contributed by atoms with van der Waals surface area (Å²) >= 11 is 2.88. The van der Waals surface area contributed by atoms with E-state index in [1.165, 1.54) is 23.1 Å². The number of benzene rings is 1. The molecule has 0 aliphatic heterocycles. The Morgan fingerprint density at radius 1 is 1.29 bits per heavy atom. The summed E-state index contributed by atoms with van der Waals surface area (Å²) in [5, 5.41) is 3.47. The number of nitrogens with one attached hydrogen (secondary N) is 2. The lowest BCUT2D eigenvalue weighted by molar-refractivity contribution is -0.113. The molecule has 28 heavy (non-hydrogen) atoms. The number of thiophene rings is 1. The summed E-state index contributed by atoms with van der Waals surface area (Å²) in [6.45, 7) is 3.91. The molecule has 0 bridgehead atoms. The van der Waals surface area contributed by atoms with Gasteiger partial charge in [0.05, 0.1) is 36.8 Å². The van der Waals surface area contributed by atoms with Crippen molar-refractivity contribution in [1.29, 1.82) is 0 Å². The lowest BCUT2D eigenvalue weighted by Crippen LogP contribution is -2.16. The van der Waals surface area contributed by atoms with Gasteiger partial charge in [0.1, 0.15) is 22.2 Å². The minimum atomic E-state index is -0.178. The number of carbonyl (C=O) groups excluding carboxylic acids is 1. The number of rotatable bonds is 7. The van der Waals surface area contributed by atoms with Crippen LogP contribution in [-0.2, 0) is 10.5 Å². The summed E-state index contributed by atoms with van der Waals surface area (Å²) in [4.78, 5) is 33.7. The minimum Gasteiger partial charge on any atom is -0.497 e. The van der Waals surface area contributed by atoms with E-state index in [4.69, 9.17) is 9.47 Å². The maximum absolute atomic E-state index is 12.3. The van der Waals surface area contributed by atoms with Crippen LogP contribution in [0.3, 0.4) is 0 Å². The number of nitrogens with zero attached hydrogens (tertiary/aromatic N) is 1. The van der Waals surface area contributed by atoms with Gasteiger partial charge in [0.25, 0.3) is 5.56 Å². The van der Waals surface area contributed by atoms with Crippen molar-refractivity contribution < 1.29 is 14.3 Å². The van der Waals surface area contributed by atoms with Crippen molar-refractivity contribution in [2.24, 2.45) is 0 Å². The van der Waals surface area contributed by atoms with E-state index in [1.807, 2.05) is 13.8 Å². The van der Waals surface area contributed by atoms with Crippen LogP contribution in [0.4, 0.5) is 5.69 Å². The Kier molecular flexibility index (Phi) is 6.25. The second kappa shape index (κ2) is 8.66. The molecule has 0 unspecified atom stereocenters. The van der Waals surface area contributed by atoms with Crippen molar-refractivity contribution in [2.45, 2.75) is 19.6 Å². The first-order chi connectivity index (χ1) is 13.4. The van der Waals surface area contributed by atoms with E-state index in [0.717, 1.165) is 15.3 Å². The first-order valence-corrected chi connectivity index (χ1v) is 10.5. The first-order valence-electron chi connectivity index (χ1n) is 8.51. The fourth-order valence-corrected chi connectivity index (χ4v) is 4.44. The molecule has 1 aromatic carbocycles. The molecule has 0 aliphatic rings. The summed E-state index contributed by atoms with van der Waals surface area (Å²) in [5.74, 6) is 2.21. The molecule has 0 fully saturated rings. The Morgan fingerprint density at radius 3 is 2.79 bits per heavy atom. The summed E-state index contributed by atoms with van der Waals surface area (Å²) in [6.07, 6.45) is 0. The third kappa shape index (κ3) is 4.31. The number of ether oxygens (including phenoxy) is 2. The number of amides is 1. The fourth-order valence-electron chi connectivity index (χ4n) is 2.71. The Labute approximate surface area is 170 Å². The summed E-state index contributed by atoms with van der Waals surface area (Å²) in [7, 11) is 3.10. The van der Waals surface area contributed by atoms with Crippen LogP contribution < -0.4 is 20.3 Å². The number of H-pyrrole nitrogens is 1. The quantitative estimate of drug-likeness (QED) is 0.609. The molecule has 148 valence electrons. The molecule has 0 spiro atoms. The predicted molar refractivity (Wildman–Crippen MR) is 114 cm³/mol. The number of carbonyl (C=O) groups is 1. The van der Waals surface area contributed by atoms with Crippen LogP contribution in [0.2, 0.25) is 0 Å². The smallest absolute Gasteiger partial charge is 0.259 e. The van der Waals surface area contributed by atoms with Crippen LogP contribution >= 0.6 is 23.1 Å². The molecule has 2 N–H and O–H groups in total. The van der Waals surface area contributed by atoms with Gasteiger partial charge in [-0.2, -0.15) is 0 Å². The van der Waals surface area contributed by atoms with Crippen LogP contribution in [0.15, 0.2) is 23.0 Å². The van der Waals surface area contributed by atoms with E-state index < -0.39 is 0 Å². The van der Waals surface area contributed by atoms with Gasteiger partial charge in [-0.25, -0.2) is 4.98 Å². The highest BCUT2D eigenvalue weighted by atomic mass is 32.2. The average molecular weight is 420 g/mol. The van der Waals surface area contributed by atoms with E-state index in [9.17, 15) is 9.59 Å². The molecule has 0 saturated heterocycles. The van der Waals surface area contributed by atoms with Crippen molar-refractivity contribution >= 4 is 44.9 Å². The molecule has 0 atom stereocenters. The standard InChI is InChI=1S/C19H21N3O4S2/c1-10-11(2)28-19-17(10)18(24)21-15(22-19)8-27-9-16(23)20-13-7-12(25-3)5-6-14(13)26-4/h5-7H,8-9H2,1-4H3,(H,20,23)(H,21,22,24). The Morgan fingerprint density at radius 2 is 2.07 bits per heavy atom. The number of hydrogen-bond donors (Lipinski definition) is 2. The van der Waals surface area contributed by atoms with Gasteiger partial charge in [-0.3, -0.25) is 9.59 Å². The van der Waals surface area contributed by atoms with Crippen molar-refractivity contribution in [3.05, 3.63) is 44.8 Å². The molecule has 3 rings (SSSR count). The Hall–Kier alpha value is -2.52. The summed E-state index contributed by atoms with van der Waals surface area (Å²) in [5.41, 5.74) is 1.39. The number of aromatic amines is 1. The van der Waals surface area contributed by atoms with Crippen molar-refractivity contribution in [1.82, 2.24) is 9.97 Å². The van der Waals surface area contributed by atoms with Gasteiger partial charge < -0.3 is 19.8 Å². The maximum Gasteiger partial charge on any atom is 0.259 e. The number of fused-ring (bicyclic) bond motifs is 1. The maximum atomic E-state index is 12.3. The molecule has 0 saturated carbocycles. The highest BCUT2D eigenvalue weighted by Gasteiger charge is 2.13. The van der Waals surface area contributed by atoms with E-state index in [-0.39, 0.29) is 17.2 Å². The zero-order valence-corrected chi connectivity index (χ0v) is 17.7. The van der Waals surface area contributed by atoms with Gasteiger partial charge in [-0.15, -0.1) is 23.1 Å². The lowest BCUT2D eigenvalue weighted by atomic mass is 10.2. The molecule has 7 nitrogen and oxygen atoms in total. The van der Waals surface area contributed by atoms with Crippen LogP contribution in [0, 0.1) is 13.8 Å². The van der Waals surface area contributed by atoms with Gasteiger partial charge in [-0.05, 0) is 31.5 Å². The topological polar surface area (TPSA) is 93.3 Å². The van der Waals surface area contributed by atoms with E-state index in [2.05, 4.69) is 15.3 Å². The third-order valence-corrected chi connectivity index (χ3v) is 6.29. The van der Waals surface area contributed by atoms with Crippen LogP contribution in [0.1, 0.15) is 16.3 Å². The average Bonchev–Trinajstić information content (AvgIpc) is 2.95. The Balaban J connectivity index is 1.63. The fraction of sp³-hybridized carbons (Fsp3) is 0.316. The zero-order valence-electron chi connectivity index (χ0n) is 16.0. The molecule has 2 aromatic heterocycles. The SMILES string of the molecule is COc1ccc(OC)c(NC(=O)CSCc2nc3sc(C)c(C)c3c(=O)[nH]2)c1. The van der Waals surface area contributed by atoms with Gasteiger partial charge in [0, 0.05) is 10.9 Å². The van der Waals surface area contributed by atoms with E-state index in [0.29, 0.717) is 34.1 Å². The highest BCUT2D eigenvalue weighted by Crippen LogP contribution is 2.29. The van der Waals surface area contributed by atoms with Crippen LogP contribution in [0.5, 0.6) is 11.5 Å². The monoisotopic (exact) mass is 419 g/mol. The molecule has 0 radical (unpaired) electrons. The molecule has 9 heteroatoms. The summed E-state index contributed by atoms with van der Waals surface area (Å²) < 4.78 is 10.4. The predicted octanol–water partition coefficient (Wildman–Crippen LogP) is 3.49. The van der Waals surface area contributed by atoms with Crippen molar-refractivity contribution in [2.75, 3.05) is 25.3 Å². The normalized spacial score (nSPS) is 10.9. The van der Waals surface area contributed by atoms with Gasteiger partial charge >= 0.3 is 0 Å². The molecular formula is C19H21N3O4S2. The molecule has 1 amide bonds.